The summed E-state index contributed by atoms with van der Waals surface area (Å²) in [5.41, 5.74) is 9.75. The summed E-state index contributed by atoms with van der Waals surface area (Å²) >= 11 is 4.72. The van der Waals surface area contributed by atoms with Gasteiger partial charge in [0.15, 0.2) is 16.9 Å². The van der Waals surface area contributed by atoms with Crippen molar-refractivity contribution >= 4 is 115 Å². The molecule has 0 radical (unpaired) electrons. The maximum Gasteiger partial charge on any atom is 0.329 e. The fourth-order valence-corrected chi connectivity index (χ4v) is 11.6. The predicted molar refractivity (Wildman–Crippen MR) is 352 cm³/mol. The quantitative estimate of drug-likeness (QED) is 0.0194. The lowest BCUT2D eigenvalue weighted by atomic mass is 10.1. The summed E-state index contributed by atoms with van der Waals surface area (Å²) in [6, 6.07) is 45.8. The molecule has 12 aromatic rings. The Morgan fingerprint density at radius 2 is 0.879 bits per heavy atom. The first kappa shape index (κ1) is 63.3. The third kappa shape index (κ3) is 18.6. The van der Waals surface area contributed by atoms with Crippen LogP contribution >= 0.6 is 35.3 Å². The van der Waals surface area contributed by atoms with Crippen LogP contribution in [0, 0.1) is 5.82 Å². The van der Waals surface area contributed by atoms with Crippen LogP contribution in [0.25, 0.3) is 33.1 Å². The van der Waals surface area contributed by atoms with E-state index in [0.717, 1.165) is 76.1 Å². The number of aromatic nitrogens is 12. The summed E-state index contributed by atoms with van der Waals surface area (Å²) in [7, 11) is 0. The number of ether oxygens (including phenoxy) is 1. The van der Waals surface area contributed by atoms with Crippen molar-refractivity contribution in [1.82, 2.24) is 71.1 Å². The molecule has 23 nitrogen and oxygen atoms in total. The van der Waals surface area contributed by atoms with Crippen molar-refractivity contribution in [2.24, 2.45) is 0 Å². The van der Waals surface area contributed by atoms with Gasteiger partial charge in [-0.25, -0.2) is 53.5 Å². The molecule has 27 heteroatoms. The molecule has 0 aliphatic heterocycles. The van der Waals surface area contributed by atoms with E-state index in [1.54, 1.807) is 72.9 Å². The zero-order chi connectivity index (χ0) is 63.2. The van der Waals surface area contributed by atoms with Crippen LogP contribution in [0.4, 0.5) is 41.5 Å². The number of anilines is 4. The number of carbonyl (C=O) groups is 4. The summed E-state index contributed by atoms with van der Waals surface area (Å²) in [5.74, 6) is 1.21. The number of fused-ring (bicyclic) bond motifs is 3. The second-order valence-corrected chi connectivity index (χ2v) is 22.7. The minimum atomic E-state index is -0.795. The van der Waals surface area contributed by atoms with Crippen molar-refractivity contribution in [3.63, 3.8) is 0 Å². The van der Waals surface area contributed by atoms with E-state index in [1.807, 2.05) is 128 Å². The van der Waals surface area contributed by atoms with Gasteiger partial charge in [0.05, 0.1) is 47.4 Å². The normalized spacial score (nSPS) is 11.5. The molecule has 0 saturated heterocycles. The number of amides is 6. The van der Waals surface area contributed by atoms with E-state index in [9.17, 15) is 23.6 Å². The number of nitrogens with one attached hydrogen (secondary N) is 9. The van der Waals surface area contributed by atoms with Gasteiger partial charge in [-0.2, -0.15) is 15.3 Å². The van der Waals surface area contributed by atoms with E-state index in [2.05, 4.69) is 92.4 Å². The van der Waals surface area contributed by atoms with Gasteiger partial charge in [0, 0.05) is 46.4 Å². The molecule has 0 fully saturated rings. The predicted octanol–water partition coefficient (Wildman–Crippen LogP) is 12.9. The maximum absolute atomic E-state index is 12.9. The van der Waals surface area contributed by atoms with Crippen LogP contribution in [0.1, 0.15) is 47.7 Å². The van der Waals surface area contributed by atoms with Crippen LogP contribution in [-0.4, -0.2) is 97.2 Å². The summed E-state index contributed by atoms with van der Waals surface area (Å²) in [6.07, 6.45) is 10.0. The van der Waals surface area contributed by atoms with Gasteiger partial charge in [0.1, 0.15) is 45.9 Å². The molecule has 91 heavy (non-hydrogen) atoms. The molecule has 6 amide bonds. The number of benzene rings is 6. The number of aromatic amines is 3. The average Bonchev–Trinajstić information content (AvgIpc) is 3.35. The number of esters is 1. The molecule has 9 N–H and O–H groups in total. The van der Waals surface area contributed by atoms with E-state index in [-0.39, 0.29) is 24.5 Å². The van der Waals surface area contributed by atoms with Crippen molar-refractivity contribution in [3.8, 4) is 0 Å². The summed E-state index contributed by atoms with van der Waals surface area (Å²) in [6.45, 7) is 3.94. The number of H-pyrrole nitrogens is 3. The van der Waals surface area contributed by atoms with Crippen molar-refractivity contribution in [2.45, 2.75) is 64.7 Å². The van der Waals surface area contributed by atoms with E-state index < -0.39 is 24.1 Å². The molecule has 0 bridgehead atoms. The molecule has 0 saturated carbocycles. The molecular formula is C64H59FN18O5S3. The Kier molecular flexibility index (Phi) is 22.2. The Hall–Kier alpha value is -10.8. The van der Waals surface area contributed by atoms with Crippen LogP contribution in [0.15, 0.2) is 210 Å². The highest BCUT2D eigenvalue weighted by molar-refractivity contribution is 7.99. The largest absolute Gasteiger partial charge is 0.464 e. The lowest BCUT2D eigenvalue weighted by molar-refractivity contribution is -0.145. The van der Waals surface area contributed by atoms with Gasteiger partial charge in [-0.05, 0) is 102 Å². The first-order chi connectivity index (χ1) is 44.5. The molecule has 6 heterocycles. The highest BCUT2D eigenvalue weighted by atomic mass is 32.2. The van der Waals surface area contributed by atoms with Crippen LogP contribution in [0.3, 0.4) is 0 Å². The van der Waals surface area contributed by atoms with Crippen LogP contribution in [-0.2, 0) is 33.2 Å². The topological polar surface area (TPSA) is 313 Å². The Morgan fingerprint density at radius 1 is 0.473 bits per heavy atom. The number of hydrogen-bond acceptors (Lipinski definition) is 17. The van der Waals surface area contributed by atoms with E-state index in [4.69, 9.17) is 4.74 Å². The number of carbonyl (C=O) groups excluding carboxylic acids is 4. The zero-order valence-corrected chi connectivity index (χ0v) is 51.3. The molecule has 2 atom stereocenters. The number of hydrogen-bond donors (Lipinski definition) is 9. The van der Waals surface area contributed by atoms with Gasteiger partial charge in [-0.3, -0.25) is 15.3 Å². The number of halogens is 1. The summed E-state index contributed by atoms with van der Waals surface area (Å²) in [5, 5.41) is 42.5. The fourth-order valence-electron chi connectivity index (χ4n) is 8.87. The smallest absolute Gasteiger partial charge is 0.329 e. The van der Waals surface area contributed by atoms with Gasteiger partial charge >= 0.3 is 24.1 Å². The monoisotopic (exact) mass is 1270 g/mol. The second kappa shape index (κ2) is 31.9. The van der Waals surface area contributed by atoms with Gasteiger partial charge in [0.2, 0.25) is 0 Å². The minimum Gasteiger partial charge on any atom is -0.464 e. The summed E-state index contributed by atoms with van der Waals surface area (Å²) in [4.78, 5) is 74.9. The van der Waals surface area contributed by atoms with Gasteiger partial charge in [0.25, 0.3) is 0 Å². The average molecular weight is 1280 g/mol. The molecule has 0 aliphatic rings. The molecule has 0 spiro atoms. The minimum absolute atomic E-state index is 0.0786. The van der Waals surface area contributed by atoms with Crippen LogP contribution in [0.2, 0.25) is 0 Å². The van der Waals surface area contributed by atoms with Gasteiger partial charge in [-0.15, -0.1) is 35.3 Å². The number of urea groups is 3. The van der Waals surface area contributed by atoms with Crippen molar-refractivity contribution in [1.29, 1.82) is 0 Å². The molecule has 12 rings (SSSR count). The van der Waals surface area contributed by atoms with E-state index >= 15 is 0 Å². The molecule has 1 unspecified atom stereocenters. The third-order valence-electron chi connectivity index (χ3n) is 13.2. The molecule has 460 valence electrons. The lowest BCUT2D eigenvalue weighted by Gasteiger charge is -2.18. The Balaban J connectivity index is 0.000000151. The Morgan fingerprint density at radius 3 is 1.33 bits per heavy atom. The molecular weight excluding hydrogens is 1220 g/mol. The number of nitrogens with zero attached hydrogens (tertiary/aromatic N) is 9. The summed E-state index contributed by atoms with van der Waals surface area (Å²) < 4.78 is 18.1. The number of thioether (sulfide) groups is 3. The van der Waals surface area contributed by atoms with Gasteiger partial charge in [-0.1, -0.05) is 97.1 Å². The zero-order valence-electron chi connectivity index (χ0n) is 48.8. The third-order valence-corrected chi connectivity index (χ3v) is 16.5. The molecule has 0 aliphatic carbocycles. The molecule has 6 aromatic carbocycles. The Labute approximate surface area is 533 Å². The van der Waals surface area contributed by atoms with Crippen LogP contribution in [0.5, 0.6) is 0 Å². The van der Waals surface area contributed by atoms with Crippen molar-refractivity contribution in [2.75, 3.05) is 27.9 Å². The molecule has 6 aromatic heterocycles. The standard InChI is InChI=1S/C24H24N6O3S.C21H20N6OS.C19H15FN6OS/c1-2-33-23(31)20(12-16-7-4-3-5-8-16)29-24(32)28-18-10-6-9-17(11-18)14-34-22-19-13-27-30-21(19)25-15-26-22;1-14(16-7-3-2-4-8-16)25-21(28)26-17-9-5-6-15(10-17)12-29-20-18-11-24-27-19(18)22-13-23-20;20-13-4-6-14(7-5-13)24-19(27)25-15-3-1-2-12(8-15)10-28-18-16-9-23-26-17(16)21-11-22-18/h3-11,13,15,20H,2,12,14H2,1H3,(H2,28,29,32)(H,25,26,27,30);2-11,13-14H,12H2,1H3,(H2,25,26,28)(H,22,23,24,27);1-9,11H,10H2,(H2,24,25,27)(H,21,22,23,26)/t;14-;/m.1./s1. The van der Waals surface area contributed by atoms with E-state index in [0.29, 0.717) is 46.3 Å². The SMILES string of the molecule is CCOC(=O)C(Cc1ccccc1)NC(=O)Nc1cccc(CSc2ncnc3[nH]ncc23)c1.C[C@@H](NC(=O)Nc1cccc(CSc2ncnc3[nH]ncc23)c1)c1ccccc1.O=C(Nc1ccc(F)cc1)Nc1cccc(CSc2ncnc3[nH]ncc23)c1. The van der Waals surface area contributed by atoms with Gasteiger partial charge < -0.3 is 36.6 Å². The highest BCUT2D eigenvalue weighted by Crippen LogP contribution is 2.30. The second-order valence-electron chi connectivity index (χ2n) is 19.8. The highest BCUT2D eigenvalue weighted by Gasteiger charge is 2.23. The maximum atomic E-state index is 12.9. The first-order valence-corrected chi connectivity index (χ1v) is 31.3. The lowest BCUT2D eigenvalue weighted by Crippen LogP contribution is -2.45. The van der Waals surface area contributed by atoms with E-state index in [1.165, 1.54) is 43.2 Å². The van der Waals surface area contributed by atoms with Crippen LogP contribution < -0.4 is 31.9 Å². The van der Waals surface area contributed by atoms with Crippen molar-refractivity contribution in [3.05, 3.63) is 229 Å². The first-order valence-electron chi connectivity index (χ1n) is 28.3. The number of rotatable bonds is 20. The fraction of sp³-hybridized carbons (Fsp3) is 0.141. The Bertz CT molecular complexity index is 4370. The van der Waals surface area contributed by atoms with Crippen molar-refractivity contribution < 1.29 is 28.3 Å².